The maximum Gasteiger partial charge on any atom is 0.308 e. The number of hydrogen-bond donors (Lipinski definition) is 2. The van der Waals surface area contributed by atoms with Crippen LogP contribution in [0.2, 0.25) is 0 Å². The highest BCUT2D eigenvalue weighted by Crippen LogP contribution is 2.20. The number of carbonyl (C=O) groups excluding carboxylic acids is 1. The molecule has 2 N–H and O–H groups in total. The van der Waals surface area contributed by atoms with Gasteiger partial charge in [-0.2, -0.15) is 0 Å². The van der Waals surface area contributed by atoms with E-state index in [-0.39, 0.29) is 18.4 Å². The fourth-order valence-electron chi connectivity index (χ4n) is 2.20. The lowest BCUT2D eigenvalue weighted by Crippen LogP contribution is -2.41. The number of hydrogen-bond acceptors (Lipinski definition) is 3. The van der Waals surface area contributed by atoms with Crippen LogP contribution in [0.3, 0.4) is 0 Å². The largest absolute Gasteiger partial charge is 0.481 e. The molecule has 0 radical (unpaired) electrons. The van der Waals surface area contributed by atoms with Crippen LogP contribution in [0.5, 0.6) is 0 Å². The minimum atomic E-state index is -0.857. The lowest BCUT2D eigenvalue weighted by atomic mass is 9.97. The topological polar surface area (TPSA) is 75.6 Å². The second-order valence-corrected chi connectivity index (χ2v) is 5.47. The number of amides is 1. The molecular weight excluding hydrogens is 234 g/mol. The van der Waals surface area contributed by atoms with Crippen LogP contribution >= 0.6 is 0 Å². The van der Waals surface area contributed by atoms with E-state index in [2.05, 4.69) is 5.32 Å². The molecule has 5 heteroatoms. The third-order valence-corrected chi connectivity index (χ3v) is 3.27. The van der Waals surface area contributed by atoms with Gasteiger partial charge in [-0.15, -0.1) is 0 Å². The van der Waals surface area contributed by atoms with Crippen LogP contribution in [0, 0.1) is 17.8 Å². The summed E-state index contributed by atoms with van der Waals surface area (Å²) in [4.78, 5) is 22.9. The third-order valence-electron chi connectivity index (χ3n) is 3.27. The monoisotopic (exact) mass is 257 g/mol. The number of carboxylic acid groups (broad SMARTS) is 1. The van der Waals surface area contributed by atoms with Gasteiger partial charge >= 0.3 is 5.97 Å². The van der Waals surface area contributed by atoms with Gasteiger partial charge in [-0.3, -0.25) is 9.59 Å². The Labute approximate surface area is 108 Å². The highest BCUT2D eigenvalue weighted by molar-refractivity contribution is 5.82. The van der Waals surface area contributed by atoms with Crippen molar-refractivity contribution in [3.8, 4) is 0 Å². The van der Waals surface area contributed by atoms with Gasteiger partial charge in [-0.05, 0) is 24.7 Å². The van der Waals surface area contributed by atoms with Gasteiger partial charge in [0.15, 0.2) is 0 Å². The summed E-state index contributed by atoms with van der Waals surface area (Å²) in [6, 6.07) is 0. The summed E-state index contributed by atoms with van der Waals surface area (Å²) in [5.41, 5.74) is 0. The molecule has 1 saturated heterocycles. The molecule has 18 heavy (non-hydrogen) atoms. The van der Waals surface area contributed by atoms with Crippen molar-refractivity contribution in [1.82, 2.24) is 5.32 Å². The minimum absolute atomic E-state index is 0.179. The van der Waals surface area contributed by atoms with E-state index in [1.165, 1.54) is 0 Å². The quantitative estimate of drug-likeness (QED) is 0.751. The molecular formula is C13H23NO4. The van der Waals surface area contributed by atoms with Crippen LogP contribution in [0.25, 0.3) is 0 Å². The molecule has 1 aliphatic heterocycles. The molecule has 1 heterocycles. The van der Waals surface area contributed by atoms with E-state index < -0.39 is 18.0 Å². The fraction of sp³-hybridized carbons (Fsp3) is 0.846. The maximum atomic E-state index is 11.8. The highest BCUT2D eigenvalue weighted by Gasteiger charge is 2.31. The van der Waals surface area contributed by atoms with Crippen molar-refractivity contribution in [2.45, 2.75) is 39.7 Å². The normalized spacial score (nSPS) is 25.1. The van der Waals surface area contributed by atoms with Crippen LogP contribution in [0.4, 0.5) is 0 Å². The van der Waals surface area contributed by atoms with Gasteiger partial charge in [0.25, 0.3) is 0 Å². The highest BCUT2D eigenvalue weighted by atomic mass is 16.5. The summed E-state index contributed by atoms with van der Waals surface area (Å²) in [5, 5.41) is 11.8. The number of carbonyl (C=O) groups is 2. The Bertz CT molecular complexity index is 303. The van der Waals surface area contributed by atoms with Gasteiger partial charge in [0.2, 0.25) is 5.91 Å². The van der Waals surface area contributed by atoms with E-state index in [9.17, 15) is 9.59 Å². The van der Waals surface area contributed by atoms with Gasteiger partial charge in [0, 0.05) is 13.2 Å². The van der Waals surface area contributed by atoms with Crippen LogP contribution < -0.4 is 5.32 Å². The molecule has 3 atom stereocenters. The van der Waals surface area contributed by atoms with Crippen molar-refractivity contribution in [3.05, 3.63) is 0 Å². The second kappa shape index (κ2) is 6.73. The Hall–Kier alpha value is -1.10. The lowest BCUT2D eigenvalue weighted by molar-refractivity contribution is -0.142. The van der Waals surface area contributed by atoms with Crippen LogP contribution in [-0.4, -0.2) is 36.2 Å². The number of carboxylic acids is 1. The first kappa shape index (κ1) is 15.0. The van der Waals surface area contributed by atoms with Crippen LogP contribution in [0.15, 0.2) is 0 Å². The zero-order valence-electron chi connectivity index (χ0n) is 11.3. The minimum Gasteiger partial charge on any atom is -0.481 e. The Morgan fingerprint density at radius 3 is 2.56 bits per heavy atom. The molecule has 0 aromatic carbocycles. The van der Waals surface area contributed by atoms with Gasteiger partial charge in [-0.25, -0.2) is 0 Å². The van der Waals surface area contributed by atoms with Crippen molar-refractivity contribution in [2.24, 2.45) is 17.8 Å². The first-order chi connectivity index (χ1) is 8.41. The molecule has 5 nitrogen and oxygen atoms in total. The number of aliphatic carboxylic acids is 1. The summed E-state index contributed by atoms with van der Waals surface area (Å²) < 4.78 is 5.34. The van der Waals surface area contributed by atoms with Gasteiger partial charge in [0.1, 0.15) is 6.10 Å². The maximum absolute atomic E-state index is 11.8. The zero-order chi connectivity index (χ0) is 13.7. The Morgan fingerprint density at radius 2 is 2.11 bits per heavy atom. The lowest BCUT2D eigenvalue weighted by Gasteiger charge is -2.18. The summed E-state index contributed by atoms with van der Waals surface area (Å²) in [6.45, 7) is 6.70. The second-order valence-electron chi connectivity index (χ2n) is 5.47. The molecule has 3 unspecified atom stereocenters. The van der Waals surface area contributed by atoms with E-state index in [4.69, 9.17) is 9.84 Å². The Morgan fingerprint density at radius 1 is 1.44 bits per heavy atom. The number of ether oxygens (including phenoxy) is 1. The molecule has 0 saturated carbocycles. The average Bonchev–Trinajstić information content (AvgIpc) is 2.69. The van der Waals surface area contributed by atoms with Crippen molar-refractivity contribution >= 4 is 11.9 Å². The SMILES string of the molecule is CC(C)CC(CNC(=O)C1OCCC1C)C(=O)O. The zero-order valence-corrected chi connectivity index (χ0v) is 11.3. The predicted octanol–water partition coefficient (Wildman–Crippen LogP) is 1.27. The summed E-state index contributed by atoms with van der Waals surface area (Å²) >= 11 is 0. The molecule has 0 aromatic heterocycles. The first-order valence-electron chi connectivity index (χ1n) is 6.54. The molecule has 0 aliphatic carbocycles. The van der Waals surface area contributed by atoms with E-state index >= 15 is 0 Å². The number of rotatable bonds is 6. The molecule has 104 valence electrons. The summed E-state index contributed by atoms with van der Waals surface area (Å²) in [6.07, 6.45) is 1.03. The van der Waals surface area contributed by atoms with E-state index in [0.717, 1.165) is 6.42 Å². The van der Waals surface area contributed by atoms with Crippen LogP contribution in [0.1, 0.15) is 33.6 Å². The molecule has 0 aromatic rings. The van der Waals surface area contributed by atoms with E-state index in [0.29, 0.717) is 18.9 Å². The average molecular weight is 257 g/mol. The molecule has 0 spiro atoms. The van der Waals surface area contributed by atoms with Crippen molar-refractivity contribution in [1.29, 1.82) is 0 Å². The van der Waals surface area contributed by atoms with Gasteiger partial charge in [-0.1, -0.05) is 20.8 Å². The third kappa shape index (κ3) is 4.29. The molecule has 1 aliphatic rings. The van der Waals surface area contributed by atoms with Crippen LogP contribution in [-0.2, 0) is 14.3 Å². The predicted molar refractivity (Wildman–Crippen MR) is 67.1 cm³/mol. The molecule has 1 amide bonds. The van der Waals surface area contributed by atoms with Crippen molar-refractivity contribution < 1.29 is 19.4 Å². The molecule has 1 fully saturated rings. The first-order valence-corrected chi connectivity index (χ1v) is 6.54. The molecule has 0 bridgehead atoms. The van der Waals surface area contributed by atoms with E-state index in [1.54, 1.807) is 0 Å². The smallest absolute Gasteiger partial charge is 0.308 e. The van der Waals surface area contributed by atoms with Gasteiger partial charge < -0.3 is 15.2 Å². The Kier molecular flexibility index (Phi) is 5.59. The summed E-state index contributed by atoms with van der Waals surface area (Å²) in [7, 11) is 0. The standard InChI is InChI=1S/C13H23NO4/c1-8(2)6-10(13(16)17)7-14-12(15)11-9(3)4-5-18-11/h8-11H,4-7H2,1-3H3,(H,14,15)(H,16,17). The summed E-state index contributed by atoms with van der Waals surface area (Å²) in [5.74, 6) is -1.06. The van der Waals surface area contributed by atoms with Gasteiger partial charge in [0.05, 0.1) is 5.92 Å². The molecule has 1 rings (SSSR count). The number of nitrogens with one attached hydrogen (secondary N) is 1. The van der Waals surface area contributed by atoms with Crippen molar-refractivity contribution in [2.75, 3.05) is 13.2 Å². The fourth-order valence-corrected chi connectivity index (χ4v) is 2.20. The van der Waals surface area contributed by atoms with Crippen molar-refractivity contribution in [3.63, 3.8) is 0 Å². The Balaban J connectivity index is 2.41. The van der Waals surface area contributed by atoms with E-state index in [1.807, 2.05) is 20.8 Å².